The van der Waals surface area contributed by atoms with Crippen molar-refractivity contribution in [1.29, 1.82) is 5.26 Å². The molecule has 1 aromatic rings. The van der Waals surface area contributed by atoms with Crippen LogP contribution < -0.4 is 4.72 Å². The summed E-state index contributed by atoms with van der Waals surface area (Å²) in [6, 6.07) is 4.71. The van der Waals surface area contributed by atoms with E-state index in [9.17, 15) is 8.42 Å². The molecule has 1 aromatic heterocycles. The Balaban J connectivity index is 1.79. The fourth-order valence-electron chi connectivity index (χ4n) is 3.99. The molecule has 0 radical (unpaired) electrons. The maximum Gasteiger partial charge on any atom is 0.243 e. The van der Waals surface area contributed by atoms with E-state index in [2.05, 4.69) is 9.71 Å². The van der Waals surface area contributed by atoms with Crippen molar-refractivity contribution in [2.45, 2.75) is 43.5 Å². The third-order valence-corrected chi connectivity index (χ3v) is 6.53. The first-order valence-electron chi connectivity index (χ1n) is 7.38. The minimum atomic E-state index is -3.69. The van der Waals surface area contributed by atoms with Gasteiger partial charge in [0.25, 0.3) is 0 Å². The molecule has 2 saturated carbocycles. The molecule has 6 heteroatoms. The largest absolute Gasteiger partial charge is 0.244 e. The number of rotatable bonds is 4. The van der Waals surface area contributed by atoms with Gasteiger partial charge in [-0.05, 0) is 56.1 Å². The lowest BCUT2D eigenvalue weighted by Gasteiger charge is -2.28. The van der Waals surface area contributed by atoms with Crippen molar-refractivity contribution in [2.24, 2.45) is 17.8 Å². The van der Waals surface area contributed by atoms with Gasteiger partial charge in [-0.3, -0.25) is 0 Å². The van der Waals surface area contributed by atoms with Gasteiger partial charge in [-0.1, -0.05) is 6.42 Å². The third-order valence-electron chi connectivity index (χ3n) is 4.94. The molecule has 112 valence electrons. The summed E-state index contributed by atoms with van der Waals surface area (Å²) < 4.78 is 27.7. The standard InChI is InChI=1S/C15H19N3O2S/c1-10(13-8-11-4-5-12(13)7-11)18-21(19,20)15-3-2-6-17-14(15)9-16/h2-3,6,10-13,18H,4-5,7-8H2,1H3. The molecule has 0 spiro atoms. The van der Waals surface area contributed by atoms with E-state index in [1.807, 2.05) is 13.0 Å². The zero-order valence-corrected chi connectivity index (χ0v) is 12.8. The van der Waals surface area contributed by atoms with Crippen LogP contribution in [-0.2, 0) is 10.0 Å². The van der Waals surface area contributed by atoms with Crippen LogP contribution in [0.4, 0.5) is 0 Å². The van der Waals surface area contributed by atoms with Gasteiger partial charge in [0, 0.05) is 12.2 Å². The molecule has 21 heavy (non-hydrogen) atoms. The van der Waals surface area contributed by atoms with E-state index in [-0.39, 0.29) is 16.6 Å². The highest BCUT2D eigenvalue weighted by molar-refractivity contribution is 7.89. The van der Waals surface area contributed by atoms with Gasteiger partial charge in [-0.25, -0.2) is 18.1 Å². The van der Waals surface area contributed by atoms with Crippen LogP contribution in [0.1, 0.15) is 38.3 Å². The number of sulfonamides is 1. The van der Waals surface area contributed by atoms with Gasteiger partial charge in [0.1, 0.15) is 11.0 Å². The molecule has 0 aromatic carbocycles. The van der Waals surface area contributed by atoms with Gasteiger partial charge < -0.3 is 0 Å². The predicted molar refractivity (Wildman–Crippen MR) is 77.7 cm³/mol. The Bertz CT molecular complexity index is 680. The average molecular weight is 305 g/mol. The Morgan fingerprint density at radius 3 is 2.86 bits per heavy atom. The molecule has 0 amide bonds. The van der Waals surface area contributed by atoms with Gasteiger partial charge in [0.2, 0.25) is 10.0 Å². The summed E-state index contributed by atoms with van der Waals surface area (Å²) in [5.41, 5.74) is -0.0508. The highest BCUT2D eigenvalue weighted by atomic mass is 32.2. The Kier molecular flexibility index (Phi) is 3.72. The molecule has 5 nitrogen and oxygen atoms in total. The number of hydrogen-bond acceptors (Lipinski definition) is 4. The van der Waals surface area contributed by atoms with E-state index in [1.165, 1.54) is 37.6 Å². The van der Waals surface area contributed by atoms with E-state index in [0.717, 1.165) is 12.3 Å². The first-order chi connectivity index (χ1) is 10.0. The van der Waals surface area contributed by atoms with Crippen LogP contribution >= 0.6 is 0 Å². The number of hydrogen-bond donors (Lipinski definition) is 1. The first kappa shape index (κ1) is 14.5. The molecule has 2 aliphatic carbocycles. The molecule has 2 aliphatic rings. The van der Waals surface area contributed by atoms with Crippen molar-refractivity contribution >= 4 is 10.0 Å². The second-order valence-corrected chi connectivity index (χ2v) is 7.89. The zero-order chi connectivity index (χ0) is 15.0. The summed E-state index contributed by atoms with van der Waals surface area (Å²) in [6.45, 7) is 1.94. The molecule has 2 fully saturated rings. The second kappa shape index (κ2) is 5.39. The zero-order valence-electron chi connectivity index (χ0n) is 12.0. The molecular weight excluding hydrogens is 286 g/mol. The lowest BCUT2D eigenvalue weighted by atomic mass is 9.84. The monoisotopic (exact) mass is 305 g/mol. The van der Waals surface area contributed by atoms with Crippen LogP contribution in [0.2, 0.25) is 0 Å². The molecule has 4 unspecified atom stereocenters. The molecule has 3 rings (SSSR count). The molecule has 0 aliphatic heterocycles. The normalized spacial score (nSPS) is 29.2. The van der Waals surface area contributed by atoms with Crippen molar-refractivity contribution in [3.63, 3.8) is 0 Å². The Labute approximate surface area is 125 Å². The summed E-state index contributed by atoms with van der Waals surface area (Å²) >= 11 is 0. The topological polar surface area (TPSA) is 82.8 Å². The van der Waals surface area contributed by atoms with Gasteiger partial charge in [-0.15, -0.1) is 0 Å². The minimum Gasteiger partial charge on any atom is -0.244 e. The molecule has 4 atom stereocenters. The molecule has 1 N–H and O–H groups in total. The van der Waals surface area contributed by atoms with Gasteiger partial charge in [-0.2, -0.15) is 5.26 Å². The highest BCUT2D eigenvalue weighted by Crippen LogP contribution is 2.49. The number of nitriles is 1. The highest BCUT2D eigenvalue weighted by Gasteiger charge is 2.42. The minimum absolute atomic E-state index is 0.0255. The first-order valence-corrected chi connectivity index (χ1v) is 8.87. The summed E-state index contributed by atoms with van der Waals surface area (Å²) in [6.07, 6.45) is 6.30. The van der Waals surface area contributed by atoms with Crippen LogP contribution in [-0.4, -0.2) is 19.4 Å². The lowest BCUT2D eigenvalue weighted by Crippen LogP contribution is -2.40. The summed E-state index contributed by atoms with van der Waals surface area (Å²) in [4.78, 5) is 3.80. The molecule has 1 heterocycles. The second-order valence-electron chi connectivity index (χ2n) is 6.21. The fourth-order valence-corrected chi connectivity index (χ4v) is 5.40. The van der Waals surface area contributed by atoms with Crippen LogP contribution in [0.15, 0.2) is 23.2 Å². The van der Waals surface area contributed by atoms with E-state index >= 15 is 0 Å². The smallest absolute Gasteiger partial charge is 0.243 e. The van der Waals surface area contributed by atoms with Gasteiger partial charge in [0.05, 0.1) is 0 Å². The quantitative estimate of drug-likeness (QED) is 0.923. The third kappa shape index (κ3) is 2.68. The molecular formula is C15H19N3O2S. The average Bonchev–Trinajstić information content (AvgIpc) is 3.09. The SMILES string of the molecule is CC(NS(=O)(=O)c1cccnc1C#N)C1CC2CCC1C2. The summed E-state index contributed by atoms with van der Waals surface area (Å²) in [5.74, 6) is 1.85. The molecule has 0 saturated heterocycles. The maximum absolute atomic E-state index is 12.5. The number of aromatic nitrogens is 1. The lowest BCUT2D eigenvalue weighted by molar-refractivity contribution is 0.280. The Morgan fingerprint density at radius 2 is 2.24 bits per heavy atom. The van der Waals surface area contributed by atoms with E-state index in [1.54, 1.807) is 0 Å². The van der Waals surface area contributed by atoms with Gasteiger partial charge in [0.15, 0.2) is 5.69 Å². The van der Waals surface area contributed by atoms with Crippen molar-refractivity contribution in [1.82, 2.24) is 9.71 Å². The summed E-state index contributed by atoms with van der Waals surface area (Å²) in [7, 11) is -3.69. The predicted octanol–water partition coefficient (Wildman–Crippen LogP) is 2.06. The van der Waals surface area contributed by atoms with Crippen molar-refractivity contribution in [3.05, 3.63) is 24.0 Å². The number of fused-ring (bicyclic) bond motifs is 2. The van der Waals surface area contributed by atoms with E-state index in [0.29, 0.717) is 11.8 Å². The fraction of sp³-hybridized carbons (Fsp3) is 0.600. The van der Waals surface area contributed by atoms with Crippen molar-refractivity contribution < 1.29 is 8.42 Å². The van der Waals surface area contributed by atoms with Crippen LogP contribution in [0.25, 0.3) is 0 Å². The van der Waals surface area contributed by atoms with E-state index < -0.39 is 10.0 Å². The Morgan fingerprint density at radius 1 is 1.43 bits per heavy atom. The Hall–Kier alpha value is -1.45. The molecule has 2 bridgehead atoms. The van der Waals surface area contributed by atoms with Gasteiger partial charge >= 0.3 is 0 Å². The number of pyridine rings is 1. The van der Waals surface area contributed by atoms with E-state index in [4.69, 9.17) is 5.26 Å². The van der Waals surface area contributed by atoms with Crippen molar-refractivity contribution in [2.75, 3.05) is 0 Å². The van der Waals surface area contributed by atoms with Crippen LogP contribution in [0.3, 0.4) is 0 Å². The van der Waals surface area contributed by atoms with Crippen LogP contribution in [0, 0.1) is 29.1 Å². The number of nitrogens with zero attached hydrogens (tertiary/aromatic N) is 2. The maximum atomic E-state index is 12.5. The van der Waals surface area contributed by atoms with Crippen LogP contribution in [0.5, 0.6) is 0 Å². The van der Waals surface area contributed by atoms with Crippen molar-refractivity contribution in [3.8, 4) is 6.07 Å². The summed E-state index contributed by atoms with van der Waals surface area (Å²) in [5, 5.41) is 9.01. The number of nitrogens with one attached hydrogen (secondary N) is 1.